The molecule has 0 radical (unpaired) electrons. The fraction of sp³-hybridized carbons (Fsp3) is 0.231. The fourth-order valence-electron chi connectivity index (χ4n) is 2.01. The van der Waals surface area contributed by atoms with Crippen LogP contribution in [0.3, 0.4) is 0 Å². The third-order valence-corrected chi connectivity index (χ3v) is 3.33. The van der Waals surface area contributed by atoms with E-state index in [2.05, 4.69) is 5.32 Å². The number of urea groups is 1. The van der Waals surface area contributed by atoms with Gasteiger partial charge in [0.1, 0.15) is 5.54 Å². The van der Waals surface area contributed by atoms with Crippen molar-refractivity contribution in [2.24, 2.45) is 0 Å². The summed E-state index contributed by atoms with van der Waals surface area (Å²) >= 11 is 5.36. The summed E-state index contributed by atoms with van der Waals surface area (Å²) < 4.78 is 26.2. The molecule has 1 atom stereocenters. The maximum Gasteiger partial charge on any atom is 0.325 e. The van der Waals surface area contributed by atoms with Gasteiger partial charge in [-0.2, -0.15) is 0 Å². The van der Waals surface area contributed by atoms with E-state index in [0.717, 1.165) is 17.0 Å². The lowest BCUT2D eigenvalue weighted by Gasteiger charge is -2.22. The summed E-state index contributed by atoms with van der Waals surface area (Å²) in [6, 6.07) is 2.46. The number of nitrogens with zero attached hydrogens (tertiary/aromatic N) is 1. The minimum atomic E-state index is -1.42. The Labute approximate surface area is 119 Å². The number of rotatable bonds is 3. The Balaban J connectivity index is 2.37. The minimum absolute atomic E-state index is 0.00737. The zero-order valence-electron chi connectivity index (χ0n) is 10.5. The van der Waals surface area contributed by atoms with E-state index in [9.17, 15) is 18.4 Å². The van der Waals surface area contributed by atoms with Crippen molar-refractivity contribution in [1.82, 2.24) is 10.2 Å². The van der Waals surface area contributed by atoms with E-state index in [1.807, 2.05) is 0 Å². The second-order valence-electron chi connectivity index (χ2n) is 4.46. The van der Waals surface area contributed by atoms with Gasteiger partial charge in [0.15, 0.2) is 11.6 Å². The Hall–Kier alpha value is -1.95. The summed E-state index contributed by atoms with van der Waals surface area (Å²) in [5, 5.41) is 2.47. The summed E-state index contributed by atoms with van der Waals surface area (Å²) in [6.07, 6.45) is 1.43. The van der Waals surface area contributed by atoms with E-state index in [1.165, 1.54) is 24.6 Å². The second-order valence-corrected chi connectivity index (χ2v) is 4.71. The number of carbonyl (C=O) groups excluding carboxylic acids is 2. The summed E-state index contributed by atoms with van der Waals surface area (Å²) in [5.74, 6) is -2.65. The van der Waals surface area contributed by atoms with Crippen molar-refractivity contribution in [3.05, 3.63) is 47.0 Å². The molecule has 1 aliphatic heterocycles. The van der Waals surface area contributed by atoms with Gasteiger partial charge in [-0.15, -0.1) is 0 Å². The van der Waals surface area contributed by atoms with Gasteiger partial charge in [0.25, 0.3) is 5.91 Å². The number of halogens is 3. The number of hydrogen-bond donors (Lipinski definition) is 1. The van der Waals surface area contributed by atoms with Crippen LogP contribution < -0.4 is 5.32 Å². The lowest BCUT2D eigenvalue weighted by molar-refractivity contribution is -0.130. The molecule has 1 aromatic rings. The Morgan fingerprint density at radius 1 is 1.35 bits per heavy atom. The van der Waals surface area contributed by atoms with Crippen molar-refractivity contribution >= 4 is 23.5 Å². The highest BCUT2D eigenvalue weighted by Gasteiger charge is 2.48. The van der Waals surface area contributed by atoms with Gasteiger partial charge in [0, 0.05) is 12.1 Å². The van der Waals surface area contributed by atoms with Gasteiger partial charge in [-0.05, 0) is 24.6 Å². The molecule has 1 aromatic carbocycles. The van der Waals surface area contributed by atoms with Crippen molar-refractivity contribution in [1.29, 1.82) is 0 Å². The Morgan fingerprint density at radius 3 is 2.65 bits per heavy atom. The molecule has 7 heteroatoms. The lowest BCUT2D eigenvalue weighted by atomic mass is 9.92. The van der Waals surface area contributed by atoms with Crippen LogP contribution in [-0.2, 0) is 10.3 Å². The first-order valence-electron chi connectivity index (χ1n) is 5.75. The molecule has 1 saturated heterocycles. The van der Waals surface area contributed by atoms with Gasteiger partial charge in [-0.25, -0.2) is 13.6 Å². The Kier molecular flexibility index (Phi) is 3.76. The highest BCUT2D eigenvalue weighted by Crippen LogP contribution is 2.29. The normalized spacial score (nSPS) is 22.7. The van der Waals surface area contributed by atoms with Crippen LogP contribution in [0.15, 0.2) is 29.8 Å². The molecule has 1 heterocycles. The van der Waals surface area contributed by atoms with Gasteiger partial charge >= 0.3 is 6.03 Å². The van der Waals surface area contributed by atoms with Gasteiger partial charge in [-0.3, -0.25) is 9.69 Å². The SMILES string of the molecule is CC1(c2ccc(F)c(F)c2)NC(=O)N(C/C=C/Cl)C1=O. The molecule has 2 rings (SSSR count). The van der Waals surface area contributed by atoms with Crippen LogP contribution in [-0.4, -0.2) is 23.4 Å². The first kappa shape index (κ1) is 14.5. The largest absolute Gasteiger partial charge is 0.325 e. The summed E-state index contributed by atoms with van der Waals surface area (Å²) in [4.78, 5) is 25.0. The standard InChI is InChI=1S/C13H11ClF2N2O2/c1-13(8-3-4-9(15)10(16)7-8)11(19)18(6-2-5-14)12(20)17-13/h2-5,7H,6H2,1H3,(H,17,20)/b5-2+. The zero-order chi connectivity index (χ0) is 14.9. The predicted molar refractivity (Wildman–Crippen MR) is 68.9 cm³/mol. The average Bonchev–Trinajstić information content (AvgIpc) is 2.62. The molecule has 1 fully saturated rings. The van der Waals surface area contributed by atoms with E-state index in [0.29, 0.717) is 0 Å². The van der Waals surface area contributed by atoms with Crippen molar-refractivity contribution in [2.75, 3.05) is 6.54 Å². The monoisotopic (exact) mass is 300 g/mol. The third kappa shape index (κ3) is 2.27. The zero-order valence-corrected chi connectivity index (χ0v) is 11.2. The molecular formula is C13H11ClF2N2O2. The van der Waals surface area contributed by atoms with Crippen LogP contribution >= 0.6 is 11.6 Å². The van der Waals surface area contributed by atoms with Crippen molar-refractivity contribution in [3.8, 4) is 0 Å². The molecule has 0 spiro atoms. The molecule has 1 unspecified atom stereocenters. The van der Waals surface area contributed by atoms with Crippen LogP contribution in [0.1, 0.15) is 12.5 Å². The molecule has 0 aliphatic carbocycles. The molecule has 0 aromatic heterocycles. The van der Waals surface area contributed by atoms with Crippen LogP contribution in [0, 0.1) is 11.6 Å². The van der Waals surface area contributed by atoms with Gasteiger partial charge in [0.05, 0.1) is 0 Å². The Morgan fingerprint density at radius 2 is 2.05 bits per heavy atom. The maximum atomic E-state index is 13.3. The molecule has 0 saturated carbocycles. The number of amides is 3. The topological polar surface area (TPSA) is 49.4 Å². The molecular weight excluding hydrogens is 290 g/mol. The van der Waals surface area contributed by atoms with Crippen molar-refractivity contribution in [3.63, 3.8) is 0 Å². The maximum absolute atomic E-state index is 13.3. The fourth-order valence-corrected chi connectivity index (χ4v) is 2.09. The average molecular weight is 301 g/mol. The molecule has 1 N–H and O–H groups in total. The van der Waals surface area contributed by atoms with Gasteiger partial charge < -0.3 is 5.32 Å². The van der Waals surface area contributed by atoms with Crippen LogP contribution in [0.2, 0.25) is 0 Å². The van der Waals surface area contributed by atoms with E-state index in [-0.39, 0.29) is 12.1 Å². The first-order valence-corrected chi connectivity index (χ1v) is 6.18. The highest BCUT2D eigenvalue weighted by atomic mass is 35.5. The predicted octanol–water partition coefficient (Wildman–Crippen LogP) is 2.48. The van der Waals surface area contributed by atoms with E-state index >= 15 is 0 Å². The van der Waals surface area contributed by atoms with Crippen molar-refractivity contribution in [2.45, 2.75) is 12.5 Å². The van der Waals surface area contributed by atoms with E-state index < -0.39 is 29.1 Å². The number of hydrogen-bond acceptors (Lipinski definition) is 2. The number of imide groups is 1. The van der Waals surface area contributed by atoms with E-state index in [4.69, 9.17) is 11.6 Å². The van der Waals surface area contributed by atoms with Crippen LogP contribution in [0.4, 0.5) is 13.6 Å². The van der Waals surface area contributed by atoms with Gasteiger partial charge in [0.2, 0.25) is 0 Å². The van der Waals surface area contributed by atoms with Crippen LogP contribution in [0.5, 0.6) is 0 Å². The second kappa shape index (κ2) is 5.20. The molecule has 0 bridgehead atoms. The first-order chi connectivity index (χ1) is 9.40. The third-order valence-electron chi connectivity index (χ3n) is 3.15. The van der Waals surface area contributed by atoms with Gasteiger partial charge in [-0.1, -0.05) is 23.7 Å². The summed E-state index contributed by atoms with van der Waals surface area (Å²) in [6.45, 7) is 1.44. The molecule has 3 amide bonds. The highest BCUT2D eigenvalue weighted by molar-refractivity contribution is 6.25. The molecule has 1 aliphatic rings. The molecule has 4 nitrogen and oxygen atoms in total. The smallest absolute Gasteiger partial charge is 0.319 e. The van der Waals surface area contributed by atoms with E-state index in [1.54, 1.807) is 0 Å². The number of nitrogens with one attached hydrogen (secondary N) is 1. The van der Waals surface area contributed by atoms with Crippen LogP contribution in [0.25, 0.3) is 0 Å². The Bertz CT molecular complexity index is 606. The number of carbonyl (C=O) groups is 2. The quantitative estimate of drug-likeness (QED) is 0.872. The summed E-state index contributed by atoms with van der Waals surface area (Å²) in [5.41, 5.74) is -0.0633. The van der Waals surface area contributed by atoms with Crippen molar-refractivity contribution < 1.29 is 18.4 Å². The summed E-state index contributed by atoms with van der Waals surface area (Å²) in [7, 11) is 0. The lowest BCUT2D eigenvalue weighted by Crippen LogP contribution is -2.41. The molecule has 20 heavy (non-hydrogen) atoms. The number of benzene rings is 1. The minimum Gasteiger partial charge on any atom is -0.319 e. The molecule has 106 valence electrons.